The van der Waals surface area contributed by atoms with E-state index in [9.17, 15) is 8.42 Å². The molecule has 0 saturated carbocycles. The van der Waals surface area contributed by atoms with Gasteiger partial charge >= 0.3 is 0 Å². The quantitative estimate of drug-likeness (QED) is 0.730. The minimum absolute atomic E-state index is 0.131. The fraction of sp³-hybridized carbons (Fsp3) is 0.0769. The van der Waals surface area contributed by atoms with Crippen LogP contribution in [-0.2, 0) is 16.6 Å². The van der Waals surface area contributed by atoms with Gasteiger partial charge in [-0.15, -0.1) is 0 Å². The van der Waals surface area contributed by atoms with Gasteiger partial charge in [-0.25, -0.2) is 8.42 Å². The van der Waals surface area contributed by atoms with E-state index in [0.29, 0.717) is 26.2 Å². The van der Waals surface area contributed by atoms with Gasteiger partial charge < -0.3 is 5.73 Å². The monoisotopic (exact) mass is 452 g/mol. The molecule has 0 amide bonds. The van der Waals surface area contributed by atoms with E-state index in [1.807, 2.05) is 0 Å². The Morgan fingerprint density at radius 2 is 1.81 bits per heavy atom. The molecule has 0 fully saturated rings. The van der Waals surface area contributed by atoms with Crippen molar-refractivity contribution in [2.24, 2.45) is 5.73 Å². The van der Waals surface area contributed by atoms with E-state index in [-0.39, 0.29) is 4.90 Å². The Labute approximate surface area is 145 Å². The van der Waals surface area contributed by atoms with Crippen LogP contribution in [0.2, 0.25) is 5.02 Å². The van der Waals surface area contributed by atoms with E-state index in [1.165, 1.54) is 12.1 Å². The number of nitrogens with two attached hydrogens (primary N) is 1. The van der Waals surface area contributed by atoms with Crippen LogP contribution in [0.3, 0.4) is 0 Å². The number of rotatable bonds is 4. The van der Waals surface area contributed by atoms with Crippen LogP contribution in [0.1, 0.15) is 5.56 Å². The van der Waals surface area contributed by atoms with Crippen LogP contribution in [0.4, 0.5) is 5.69 Å². The van der Waals surface area contributed by atoms with Gasteiger partial charge in [-0.05, 0) is 67.8 Å². The fourth-order valence-electron chi connectivity index (χ4n) is 1.66. The van der Waals surface area contributed by atoms with Crippen molar-refractivity contribution in [2.45, 2.75) is 11.4 Å². The normalized spacial score (nSPS) is 11.4. The lowest BCUT2D eigenvalue weighted by Crippen LogP contribution is -2.14. The Bertz CT molecular complexity index is 782. The highest BCUT2D eigenvalue weighted by Gasteiger charge is 2.19. The molecule has 2 rings (SSSR count). The van der Waals surface area contributed by atoms with Crippen LogP contribution in [0, 0.1) is 0 Å². The first-order chi connectivity index (χ1) is 9.83. The van der Waals surface area contributed by atoms with Crippen LogP contribution in [0.25, 0.3) is 0 Å². The second-order valence-electron chi connectivity index (χ2n) is 4.20. The van der Waals surface area contributed by atoms with E-state index < -0.39 is 10.0 Å². The van der Waals surface area contributed by atoms with Gasteiger partial charge in [0.2, 0.25) is 0 Å². The summed E-state index contributed by atoms with van der Waals surface area (Å²) >= 11 is 12.4. The largest absolute Gasteiger partial charge is 0.326 e. The summed E-state index contributed by atoms with van der Waals surface area (Å²) in [4.78, 5) is 0.131. The van der Waals surface area contributed by atoms with E-state index in [0.717, 1.165) is 5.56 Å². The van der Waals surface area contributed by atoms with Crippen molar-refractivity contribution in [3.8, 4) is 0 Å². The van der Waals surface area contributed by atoms with Crippen LogP contribution < -0.4 is 10.5 Å². The van der Waals surface area contributed by atoms with Crippen molar-refractivity contribution in [3.05, 3.63) is 55.9 Å². The summed E-state index contributed by atoms with van der Waals surface area (Å²) in [5.74, 6) is 0. The highest BCUT2D eigenvalue weighted by Crippen LogP contribution is 2.30. The molecule has 0 radical (unpaired) electrons. The van der Waals surface area contributed by atoms with Crippen LogP contribution >= 0.6 is 43.5 Å². The average Bonchev–Trinajstić information content (AvgIpc) is 2.42. The third-order valence-electron chi connectivity index (χ3n) is 2.69. The molecule has 0 atom stereocenters. The van der Waals surface area contributed by atoms with Crippen molar-refractivity contribution in [1.29, 1.82) is 0 Å². The van der Waals surface area contributed by atoms with Crippen LogP contribution in [0.5, 0.6) is 0 Å². The molecule has 0 saturated heterocycles. The molecule has 3 N–H and O–H groups in total. The molecule has 0 spiro atoms. The van der Waals surface area contributed by atoms with Crippen molar-refractivity contribution >= 4 is 59.2 Å². The number of halogens is 3. The minimum Gasteiger partial charge on any atom is -0.326 e. The lowest BCUT2D eigenvalue weighted by atomic mass is 10.2. The van der Waals surface area contributed by atoms with Crippen LogP contribution in [-0.4, -0.2) is 8.42 Å². The zero-order valence-corrected chi connectivity index (χ0v) is 15.4. The molecular formula is C13H11Br2ClN2O2S. The maximum atomic E-state index is 12.4. The highest BCUT2D eigenvalue weighted by molar-refractivity contribution is 9.11. The molecule has 0 aliphatic rings. The van der Waals surface area contributed by atoms with Gasteiger partial charge in [-0.2, -0.15) is 0 Å². The maximum Gasteiger partial charge on any atom is 0.263 e. The number of hydrogen-bond acceptors (Lipinski definition) is 3. The first kappa shape index (κ1) is 16.8. The molecular weight excluding hydrogens is 443 g/mol. The van der Waals surface area contributed by atoms with E-state index in [4.69, 9.17) is 17.3 Å². The summed E-state index contributed by atoms with van der Waals surface area (Å²) in [6.07, 6.45) is 0. The van der Waals surface area contributed by atoms with Gasteiger partial charge in [-0.3, -0.25) is 4.72 Å². The number of nitrogens with one attached hydrogen (secondary N) is 1. The SMILES string of the molecule is NCc1ccc(S(=O)(=O)Nc2cc(Cl)ccc2Br)c(Br)c1. The summed E-state index contributed by atoms with van der Waals surface area (Å²) in [5, 5.41) is 0.438. The van der Waals surface area contributed by atoms with Gasteiger partial charge in [0, 0.05) is 20.5 Å². The zero-order chi connectivity index (χ0) is 15.6. The minimum atomic E-state index is -3.73. The molecule has 0 unspecified atom stereocenters. The number of hydrogen-bond donors (Lipinski definition) is 2. The highest BCUT2D eigenvalue weighted by atomic mass is 79.9. The molecule has 0 aliphatic heterocycles. The lowest BCUT2D eigenvalue weighted by Gasteiger charge is -2.12. The second-order valence-corrected chi connectivity index (χ2v) is 7.99. The summed E-state index contributed by atoms with van der Waals surface area (Å²) in [6.45, 7) is 0.339. The Balaban J connectivity index is 2.41. The first-order valence-electron chi connectivity index (χ1n) is 5.80. The van der Waals surface area contributed by atoms with E-state index in [1.54, 1.807) is 24.3 Å². The Morgan fingerprint density at radius 1 is 1.10 bits per heavy atom. The maximum absolute atomic E-state index is 12.4. The zero-order valence-electron chi connectivity index (χ0n) is 10.6. The summed E-state index contributed by atoms with van der Waals surface area (Å²) in [5.41, 5.74) is 6.74. The van der Waals surface area contributed by atoms with Crippen LogP contribution in [0.15, 0.2) is 50.2 Å². The van der Waals surface area contributed by atoms with Crippen molar-refractivity contribution in [1.82, 2.24) is 0 Å². The molecule has 0 bridgehead atoms. The Kier molecular flexibility index (Phi) is 5.32. The van der Waals surface area contributed by atoms with Gasteiger partial charge in [0.15, 0.2) is 0 Å². The number of anilines is 1. The number of sulfonamides is 1. The molecule has 4 nitrogen and oxygen atoms in total. The van der Waals surface area contributed by atoms with E-state index >= 15 is 0 Å². The standard InChI is InChI=1S/C13H11Br2ClN2O2S/c14-10-3-2-9(16)6-12(10)18-21(19,20)13-4-1-8(7-17)5-11(13)15/h1-6,18H,7,17H2. The first-order valence-corrected chi connectivity index (χ1v) is 9.24. The molecule has 21 heavy (non-hydrogen) atoms. The number of benzene rings is 2. The Morgan fingerprint density at radius 3 is 2.43 bits per heavy atom. The molecule has 0 aliphatic carbocycles. The summed E-state index contributed by atoms with van der Waals surface area (Å²) in [6, 6.07) is 9.73. The van der Waals surface area contributed by atoms with Crippen molar-refractivity contribution < 1.29 is 8.42 Å². The Hall–Kier alpha value is -0.600. The summed E-state index contributed by atoms with van der Waals surface area (Å²) < 4.78 is 28.5. The topological polar surface area (TPSA) is 72.2 Å². The van der Waals surface area contributed by atoms with Gasteiger partial charge in [0.05, 0.1) is 5.69 Å². The van der Waals surface area contributed by atoms with E-state index in [2.05, 4.69) is 36.6 Å². The molecule has 8 heteroatoms. The van der Waals surface area contributed by atoms with Crippen molar-refractivity contribution in [2.75, 3.05) is 4.72 Å². The van der Waals surface area contributed by atoms with Gasteiger partial charge in [0.1, 0.15) is 4.90 Å². The molecule has 0 heterocycles. The summed E-state index contributed by atoms with van der Waals surface area (Å²) in [7, 11) is -3.73. The predicted octanol–water partition coefficient (Wildman–Crippen LogP) is 4.12. The van der Waals surface area contributed by atoms with Crippen molar-refractivity contribution in [3.63, 3.8) is 0 Å². The fourth-order valence-corrected chi connectivity index (χ4v) is 4.51. The molecule has 2 aromatic rings. The average molecular weight is 455 g/mol. The predicted molar refractivity (Wildman–Crippen MR) is 92.0 cm³/mol. The van der Waals surface area contributed by atoms with Gasteiger partial charge in [0.25, 0.3) is 10.0 Å². The molecule has 2 aromatic carbocycles. The third kappa shape index (κ3) is 3.98. The molecule has 0 aromatic heterocycles. The molecule has 112 valence electrons. The smallest absolute Gasteiger partial charge is 0.263 e. The van der Waals surface area contributed by atoms with Gasteiger partial charge in [-0.1, -0.05) is 17.7 Å². The third-order valence-corrected chi connectivity index (χ3v) is 5.96. The lowest BCUT2D eigenvalue weighted by molar-refractivity contribution is 0.600. The second kappa shape index (κ2) is 6.66.